The molecule has 0 saturated heterocycles. The highest BCUT2D eigenvalue weighted by Crippen LogP contribution is 2.38. The summed E-state index contributed by atoms with van der Waals surface area (Å²) in [7, 11) is 0. The average molecular weight is 453 g/mol. The van der Waals surface area contributed by atoms with Crippen LogP contribution in [0.15, 0.2) is 119 Å². The van der Waals surface area contributed by atoms with Gasteiger partial charge in [0.25, 0.3) is 0 Å². The predicted octanol–water partition coefficient (Wildman–Crippen LogP) is 6.96. The van der Waals surface area contributed by atoms with Gasteiger partial charge in [0.1, 0.15) is 30.8 Å². The van der Waals surface area contributed by atoms with Crippen LogP contribution in [0.5, 0.6) is 11.5 Å². The number of aliphatic hydroxyl groups is 1. The van der Waals surface area contributed by atoms with Crippen molar-refractivity contribution in [3.05, 3.63) is 109 Å². The Morgan fingerprint density at radius 2 is 1.27 bits per heavy atom. The van der Waals surface area contributed by atoms with Crippen molar-refractivity contribution in [1.82, 2.24) is 0 Å². The number of ether oxygens (including phenoxy) is 2. The lowest BCUT2D eigenvalue weighted by Crippen LogP contribution is -2.25. The molecule has 0 heterocycles. The van der Waals surface area contributed by atoms with E-state index in [2.05, 4.69) is 48.5 Å². The van der Waals surface area contributed by atoms with Crippen LogP contribution in [-0.2, 0) is 0 Å². The Hall–Kier alpha value is -3.47. The zero-order chi connectivity index (χ0) is 22.5. The van der Waals surface area contributed by atoms with Gasteiger partial charge in [-0.3, -0.25) is 0 Å². The van der Waals surface area contributed by atoms with Crippen molar-refractivity contribution in [2.45, 2.75) is 15.9 Å². The third kappa shape index (κ3) is 5.14. The first-order valence-corrected chi connectivity index (χ1v) is 11.7. The lowest BCUT2D eigenvalue weighted by Gasteiger charge is -2.17. The van der Waals surface area contributed by atoms with Crippen LogP contribution in [0.3, 0.4) is 0 Å². The highest BCUT2D eigenvalue weighted by atomic mass is 32.2. The maximum atomic E-state index is 10.5. The molecule has 0 saturated carbocycles. The van der Waals surface area contributed by atoms with Crippen LogP contribution >= 0.6 is 11.8 Å². The molecule has 1 atom stereocenters. The van der Waals surface area contributed by atoms with Gasteiger partial charge in [0.15, 0.2) is 0 Å². The summed E-state index contributed by atoms with van der Waals surface area (Å²) in [6.45, 7) is 0.313. The normalized spacial score (nSPS) is 12.0. The number of para-hydroxylation sites is 1. The van der Waals surface area contributed by atoms with Gasteiger partial charge in [0.2, 0.25) is 0 Å². The van der Waals surface area contributed by atoms with Gasteiger partial charge in [-0.1, -0.05) is 78.5 Å². The molecule has 5 aromatic carbocycles. The van der Waals surface area contributed by atoms with Gasteiger partial charge in [0, 0.05) is 20.6 Å². The topological polar surface area (TPSA) is 38.7 Å². The third-order valence-corrected chi connectivity index (χ3v) is 6.37. The van der Waals surface area contributed by atoms with E-state index in [9.17, 15) is 5.11 Å². The summed E-state index contributed by atoms with van der Waals surface area (Å²) in [5, 5.41) is 14.8. The molecule has 0 aliphatic carbocycles. The smallest absolute Gasteiger partial charge is 0.135 e. The summed E-state index contributed by atoms with van der Waals surface area (Å²) in [5.41, 5.74) is 0. The lowest BCUT2D eigenvalue weighted by molar-refractivity contribution is 0.0637. The third-order valence-electron chi connectivity index (χ3n) is 5.37. The Labute approximate surface area is 197 Å². The van der Waals surface area contributed by atoms with Gasteiger partial charge in [-0.15, -0.1) is 0 Å². The summed E-state index contributed by atoms with van der Waals surface area (Å²) in [6, 6.07) is 36.6. The molecule has 0 radical (unpaired) electrons. The molecule has 0 bridgehead atoms. The Morgan fingerprint density at radius 3 is 2.09 bits per heavy atom. The van der Waals surface area contributed by atoms with Crippen LogP contribution < -0.4 is 9.47 Å². The monoisotopic (exact) mass is 452 g/mol. The molecule has 5 rings (SSSR count). The van der Waals surface area contributed by atoms with Crippen LogP contribution in [0.1, 0.15) is 0 Å². The Kier molecular flexibility index (Phi) is 6.47. The minimum Gasteiger partial charge on any atom is -0.491 e. The SMILES string of the molecule is OC(COc1ccccc1)COc1c2ccccc2cc2ccc(Sc3ccccc3)cc12. The molecule has 0 fully saturated rings. The molecule has 33 heavy (non-hydrogen) atoms. The molecular weight excluding hydrogens is 428 g/mol. The van der Waals surface area contributed by atoms with Gasteiger partial charge in [-0.05, 0) is 53.2 Å². The minimum atomic E-state index is -0.749. The molecule has 0 aromatic heterocycles. The summed E-state index contributed by atoms with van der Waals surface area (Å²) in [5.74, 6) is 1.52. The molecule has 0 amide bonds. The zero-order valence-corrected chi connectivity index (χ0v) is 18.9. The van der Waals surface area contributed by atoms with Crippen LogP contribution in [0, 0.1) is 0 Å². The molecule has 0 aliphatic rings. The molecule has 3 nitrogen and oxygen atoms in total. The van der Waals surface area contributed by atoms with Crippen molar-refractivity contribution in [2.75, 3.05) is 13.2 Å². The van der Waals surface area contributed by atoms with Crippen molar-refractivity contribution in [3.8, 4) is 11.5 Å². The molecular formula is C29H24O3S. The summed E-state index contributed by atoms with van der Waals surface area (Å²) < 4.78 is 11.9. The van der Waals surface area contributed by atoms with Gasteiger partial charge in [-0.2, -0.15) is 0 Å². The van der Waals surface area contributed by atoms with E-state index in [1.165, 1.54) is 4.90 Å². The number of benzene rings is 5. The molecule has 5 aromatic rings. The quantitative estimate of drug-likeness (QED) is 0.258. The van der Waals surface area contributed by atoms with E-state index in [4.69, 9.17) is 9.47 Å². The average Bonchev–Trinajstić information content (AvgIpc) is 2.86. The molecule has 0 spiro atoms. The van der Waals surface area contributed by atoms with Gasteiger partial charge in [-0.25, -0.2) is 0 Å². The fourth-order valence-electron chi connectivity index (χ4n) is 3.78. The highest BCUT2D eigenvalue weighted by Gasteiger charge is 2.13. The Bertz CT molecular complexity index is 1350. The van der Waals surface area contributed by atoms with E-state index in [1.54, 1.807) is 11.8 Å². The van der Waals surface area contributed by atoms with Crippen LogP contribution in [0.2, 0.25) is 0 Å². The van der Waals surface area contributed by atoms with Crippen LogP contribution in [-0.4, -0.2) is 24.4 Å². The first-order valence-electron chi connectivity index (χ1n) is 10.9. The standard InChI is InChI=1S/C29H24O3S/c30-23(19-31-24-10-3-1-4-11-24)20-32-29-27-14-8-7-9-21(27)17-22-15-16-26(18-28(22)29)33-25-12-5-2-6-13-25/h1-18,23,30H,19-20H2. The van der Waals surface area contributed by atoms with Crippen molar-refractivity contribution in [3.63, 3.8) is 0 Å². The molecule has 1 unspecified atom stereocenters. The zero-order valence-electron chi connectivity index (χ0n) is 18.1. The number of rotatable bonds is 8. The van der Waals surface area contributed by atoms with E-state index in [1.807, 2.05) is 60.7 Å². The molecule has 0 aliphatic heterocycles. The molecule has 1 N–H and O–H groups in total. The fraction of sp³-hybridized carbons (Fsp3) is 0.103. The summed E-state index contributed by atoms with van der Waals surface area (Å²) in [6.07, 6.45) is -0.749. The van der Waals surface area contributed by atoms with E-state index in [0.29, 0.717) is 0 Å². The Morgan fingerprint density at radius 1 is 0.606 bits per heavy atom. The van der Waals surface area contributed by atoms with E-state index in [0.717, 1.165) is 37.9 Å². The largest absolute Gasteiger partial charge is 0.491 e. The number of hydrogen-bond donors (Lipinski definition) is 1. The van der Waals surface area contributed by atoms with E-state index < -0.39 is 6.10 Å². The first kappa shape index (κ1) is 21.4. The highest BCUT2D eigenvalue weighted by molar-refractivity contribution is 7.99. The van der Waals surface area contributed by atoms with Crippen molar-refractivity contribution < 1.29 is 14.6 Å². The maximum absolute atomic E-state index is 10.5. The lowest BCUT2D eigenvalue weighted by atomic mass is 10.0. The second-order valence-electron chi connectivity index (χ2n) is 7.81. The second kappa shape index (κ2) is 9.99. The van der Waals surface area contributed by atoms with E-state index >= 15 is 0 Å². The predicted molar refractivity (Wildman–Crippen MR) is 135 cm³/mol. The Balaban J connectivity index is 1.42. The molecule has 164 valence electrons. The van der Waals surface area contributed by atoms with Gasteiger partial charge in [0.05, 0.1) is 0 Å². The first-order chi connectivity index (χ1) is 16.3. The van der Waals surface area contributed by atoms with Crippen molar-refractivity contribution in [2.24, 2.45) is 0 Å². The van der Waals surface area contributed by atoms with Crippen molar-refractivity contribution in [1.29, 1.82) is 0 Å². The number of fused-ring (bicyclic) bond motifs is 2. The summed E-state index contributed by atoms with van der Waals surface area (Å²) >= 11 is 1.72. The second-order valence-corrected chi connectivity index (χ2v) is 8.96. The van der Waals surface area contributed by atoms with Gasteiger partial charge < -0.3 is 14.6 Å². The van der Waals surface area contributed by atoms with Gasteiger partial charge >= 0.3 is 0 Å². The van der Waals surface area contributed by atoms with Crippen LogP contribution in [0.4, 0.5) is 0 Å². The molecule has 4 heteroatoms. The minimum absolute atomic E-state index is 0.145. The van der Waals surface area contributed by atoms with E-state index in [-0.39, 0.29) is 13.2 Å². The summed E-state index contributed by atoms with van der Waals surface area (Å²) in [4.78, 5) is 2.33. The van der Waals surface area contributed by atoms with Crippen LogP contribution in [0.25, 0.3) is 21.5 Å². The number of hydrogen-bond acceptors (Lipinski definition) is 4. The number of aliphatic hydroxyl groups excluding tert-OH is 1. The maximum Gasteiger partial charge on any atom is 0.135 e. The van der Waals surface area contributed by atoms with Crippen molar-refractivity contribution >= 4 is 33.3 Å². The fourth-order valence-corrected chi connectivity index (χ4v) is 4.66.